The Morgan fingerprint density at radius 3 is 2.89 bits per heavy atom. The molecule has 1 aromatic carbocycles. The Balaban J connectivity index is 2.07. The van der Waals surface area contributed by atoms with E-state index in [9.17, 15) is 4.79 Å². The van der Waals surface area contributed by atoms with Crippen LogP contribution >= 0.6 is 11.8 Å². The maximum Gasteiger partial charge on any atom is 0.358 e. The molecule has 6 heteroatoms. The van der Waals surface area contributed by atoms with Crippen LogP contribution in [-0.2, 0) is 0 Å². The molecule has 98 valence electrons. The second-order valence-corrected chi connectivity index (χ2v) is 6.25. The lowest BCUT2D eigenvalue weighted by molar-refractivity contribution is 0.0686. The van der Waals surface area contributed by atoms with Crippen molar-refractivity contribution < 1.29 is 19.2 Å². The zero-order chi connectivity index (χ0) is 13.6. The van der Waals surface area contributed by atoms with E-state index in [2.05, 4.69) is 5.16 Å². The summed E-state index contributed by atoms with van der Waals surface area (Å²) in [7, 11) is 0. The molecule has 0 aliphatic carbocycles. The van der Waals surface area contributed by atoms with E-state index in [1.807, 2.05) is 32.0 Å². The lowest BCUT2D eigenvalue weighted by Gasteiger charge is -2.16. The Hall–Kier alpha value is -1.95. The Labute approximate surface area is 113 Å². The smallest absolute Gasteiger partial charge is 0.358 e. The maximum absolute atomic E-state index is 10.8. The van der Waals surface area contributed by atoms with E-state index in [-0.39, 0.29) is 10.6 Å². The van der Waals surface area contributed by atoms with Crippen molar-refractivity contribution in [1.29, 1.82) is 0 Å². The van der Waals surface area contributed by atoms with Crippen molar-refractivity contribution in [3.05, 3.63) is 30.0 Å². The Kier molecular flexibility index (Phi) is 2.56. The molecule has 2 aromatic rings. The number of para-hydroxylation sites is 1. The molecule has 0 bridgehead atoms. The Bertz CT molecular complexity index is 662. The molecule has 2 heterocycles. The van der Waals surface area contributed by atoms with Crippen molar-refractivity contribution in [2.45, 2.75) is 23.7 Å². The van der Waals surface area contributed by atoms with E-state index in [1.165, 1.54) is 6.07 Å². The average molecular weight is 277 g/mol. The summed E-state index contributed by atoms with van der Waals surface area (Å²) < 4.78 is 11.0. The molecule has 0 amide bonds. The van der Waals surface area contributed by atoms with Gasteiger partial charge < -0.3 is 14.4 Å². The number of ether oxygens (including phenoxy) is 1. The topological polar surface area (TPSA) is 72.6 Å². The van der Waals surface area contributed by atoms with Crippen LogP contribution in [0.15, 0.2) is 33.7 Å². The number of carbonyl (C=O) groups is 1. The minimum atomic E-state index is -1.11. The number of rotatable bonds is 2. The number of carboxylic acids is 1. The Morgan fingerprint density at radius 1 is 1.42 bits per heavy atom. The first-order chi connectivity index (χ1) is 8.96. The molecule has 0 saturated carbocycles. The predicted octanol–water partition coefficient (Wildman–Crippen LogP) is 3.26. The van der Waals surface area contributed by atoms with Gasteiger partial charge in [0.2, 0.25) is 0 Å². The fourth-order valence-electron chi connectivity index (χ4n) is 1.93. The number of hydrogen-bond donors (Lipinski definition) is 1. The van der Waals surface area contributed by atoms with E-state index in [0.717, 1.165) is 10.5 Å². The molecule has 0 unspecified atom stereocenters. The molecular weight excluding hydrogens is 266 g/mol. The van der Waals surface area contributed by atoms with Crippen molar-refractivity contribution in [1.82, 2.24) is 5.16 Å². The van der Waals surface area contributed by atoms with Gasteiger partial charge in [-0.2, -0.15) is 0 Å². The van der Waals surface area contributed by atoms with Gasteiger partial charge in [-0.05, 0) is 26.0 Å². The van der Waals surface area contributed by atoms with Crippen molar-refractivity contribution in [2.75, 3.05) is 0 Å². The molecule has 1 aromatic heterocycles. The summed E-state index contributed by atoms with van der Waals surface area (Å²) in [5.41, 5.74) is 0.605. The van der Waals surface area contributed by atoms with Gasteiger partial charge >= 0.3 is 5.97 Å². The SMILES string of the molecule is CC1(C)Oc2c(cccc2-c2cc(C(=O)O)no2)S1. The standard InChI is InChI=1S/C13H11NO4S/c1-13(2)17-11-7(4-3-5-10(11)19-13)9-6-8(12(15)16)14-18-9/h3-6H,1-2H3,(H,15,16). The summed E-state index contributed by atoms with van der Waals surface area (Å²) >= 11 is 1.61. The van der Waals surface area contributed by atoms with Crippen LogP contribution in [0, 0.1) is 0 Å². The highest BCUT2D eigenvalue weighted by molar-refractivity contribution is 8.00. The number of aromatic nitrogens is 1. The highest BCUT2D eigenvalue weighted by Crippen LogP contribution is 2.51. The maximum atomic E-state index is 10.8. The van der Waals surface area contributed by atoms with Crippen LogP contribution < -0.4 is 4.74 Å². The number of aromatic carboxylic acids is 1. The van der Waals surface area contributed by atoms with Crippen LogP contribution in [0.4, 0.5) is 0 Å². The number of fused-ring (bicyclic) bond motifs is 1. The minimum absolute atomic E-state index is 0.113. The van der Waals surface area contributed by atoms with Crippen LogP contribution in [0.2, 0.25) is 0 Å². The molecular formula is C13H11NO4S. The third-order valence-corrected chi connectivity index (χ3v) is 3.79. The summed E-state index contributed by atoms with van der Waals surface area (Å²) in [6.07, 6.45) is 0. The van der Waals surface area contributed by atoms with E-state index in [1.54, 1.807) is 11.8 Å². The summed E-state index contributed by atoms with van der Waals surface area (Å²) in [5, 5.41) is 12.4. The highest BCUT2D eigenvalue weighted by atomic mass is 32.2. The molecule has 0 saturated heterocycles. The predicted molar refractivity (Wildman–Crippen MR) is 69.5 cm³/mol. The van der Waals surface area contributed by atoms with Crippen molar-refractivity contribution in [3.8, 4) is 17.1 Å². The van der Waals surface area contributed by atoms with Gasteiger partial charge in [0.25, 0.3) is 0 Å². The number of nitrogens with zero attached hydrogens (tertiary/aromatic N) is 1. The number of benzene rings is 1. The summed E-state index contributed by atoms with van der Waals surface area (Å²) in [4.78, 5) is 11.5. The molecule has 3 rings (SSSR count). The summed E-state index contributed by atoms with van der Waals surface area (Å²) in [6, 6.07) is 7.08. The van der Waals surface area contributed by atoms with Gasteiger partial charge in [0.15, 0.2) is 16.4 Å². The zero-order valence-electron chi connectivity index (χ0n) is 10.3. The zero-order valence-corrected chi connectivity index (χ0v) is 11.2. The van der Waals surface area contributed by atoms with Crippen LogP contribution in [0.5, 0.6) is 5.75 Å². The molecule has 1 aliphatic heterocycles. The Morgan fingerprint density at radius 2 is 2.21 bits per heavy atom. The third-order valence-electron chi connectivity index (χ3n) is 2.68. The van der Waals surface area contributed by atoms with Gasteiger partial charge in [-0.1, -0.05) is 23.0 Å². The van der Waals surface area contributed by atoms with Crippen LogP contribution in [0.1, 0.15) is 24.3 Å². The average Bonchev–Trinajstić information content (AvgIpc) is 2.90. The largest absolute Gasteiger partial charge is 0.476 e. The number of thioether (sulfide) groups is 1. The van der Waals surface area contributed by atoms with Gasteiger partial charge in [0, 0.05) is 6.07 Å². The van der Waals surface area contributed by atoms with E-state index in [0.29, 0.717) is 11.5 Å². The van der Waals surface area contributed by atoms with E-state index < -0.39 is 5.97 Å². The number of hydrogen-bond acceptors (Lipinski definition) is 5. The highest BCUT2D eigenvalue weighted by Gasteiger charge is 2.33. The van der Waals surface area contributed by atoms with Gasteiger partial charge in [-0.25, -0.2) is 4.79 Å². The molecule has 0 spiro atoms. The van der Waals surface area contributed by atoms with E-state index in [4.69, 9.17) is 14.4 Å². The molecule has 5 nitrogen and oxygen atoms in total. The second kappa shape index (κ2) is 4.03. The quantitative estimate of drug-likeness (QED) is 0.908. The third kappa shape index (κ3) is 2.08. The lowest BCUT2D eigenvalue weighted by Crippen LogP contribution is -2.18. The molecule has 0 fully saturated rings. The lowest BCUT2D eigenvalue weighted by atomic mass is 10.1. The van der Waals surface area contributed by atoms with Crippen LogP contribution in [0.3, 0.4) is 0 Å². The molecule has 1 aliphatic rings. The van der Waals surface area contributed by atoms with Crippen LogP contribution in [-0.4, -0.2) is 21.2 Å². The summed E-state index contributed by atoms with van der Waals surface area (Å²) in [5.74, 6) is -0.00339. The first-order valence-corrected chi connectivity index (χ1v) is 6.49. The first-order valence-electron chi connectivity index (χ1n) is 5.68. The normalized spacial score (nSPS) is 15.9. The van der Waals surface area contributed by atoms with Crippen molar-refractivity contribution in [3.63, 3.8) is 0 Å². The molecule has 0 radical (unpaired) electrons. The number of carboxylic acid groups (broad SMARTS) is 1. The second-order valence-electron chi connectivity index (χ2n) is 4.62. The molecule has 19 heavy (non-hydrogen) atoms. The molecule has 0 atom stereocenters. The van der Waals surface area contributed by atoms with Crippen molar-refractivity contribution in [2.24, 2.45) is 0 Å². The van der Waals surface area contributed by atoms with Gasteiger partial charge in [-0.15, -0.1) is 0 Å². The molecule has 1 N–H and O–H groups in total. The summed E-state index contributed by atoms with van der Waals surface area (Å²) in [6.45, 7) is 3.95. The van der Waals surface area contributed by atoms with Gasteiger partial charge in [-0.3, -0.25) is 0 Å². The fraction of sp³-hybridized carbons (Fsp3) is 0.231. The van der Waals surface area contributed by atoms with E-state index >= 15 is 0 Å². The monoisotopic (exact) mass is 277 g/mol. The van der Waals surface area contributed by atoms with Gasteiger partial charge in [0.05, 0.1) is 10.5 Å². The van der Waals surface area contributed by atoms with Gasteiger partial charge in [0.1, 0.15) is 5.75 Å². The van der Waals surface area contributed by atoms with Crippen molar-refractivity contribution >= 4 is 17.7 Å². The van der Waals surface area contributed by atoms with Crippen LogP contribution in [0.25, 0.3) is 11.3 Å². The fourth-order valence-corrected chi connectivity index (χ4v) is 2.98. The first kappa shape index (κ1) is 12.1. The minimum Gasteiger partial charge on any atom is -0.476 e.